The molecular formula is C17H13F3N6O2S. The van der Waals surface area contributed by atoms with Gasteiger partial charge in [0.1, 0.15) is 10.7 Å². The number of pyridine rings is 2. The van der Waals surface area contributed by atoms with E-state index in [4.69, 9.17) is 0 Å². The number of imidazole rings is 1. The van der Waals surface area contributed by atoms with E-state index in [0.29, 0.717) is 21.9 Å². The van der Waals surface area contributed by atoms with Crippen molar-refractivity contribution in [3.05, 3.63) is 60.5 Å². The quantitative estimate of drug-likeness (QED) is 0.500. The SMILES string of the molecule is CS(=O)(=NCc1cn2ccc(-c3noc(C(F)(F)F)n3)cc2n1)c1ccccn1. The van der Waals surface area contributed by atoms with Gasteiger partial charge in [-0.25, -0.2) is 18.5 Å². The first-order valence-electron chi connectivity index (χ1n) is 8.20. The van der Waals surface area contributed by atoms with Crippen molar-refractivity contribution in [3.8, 4) is 11.4 Å². The molecule has 150 valence electrons. The third kappa shape index (κ3) is 3.97. The monoisotopic (exact) mass is 422 g/mol. The van der Waals surface area contributed by atoms with Crippen LogP contribution in [0.5, 0.6) is 0 Å². The molecule has 8 nitrogen and oxygen atoms in total. The Morgan fingerprint density at radius 2 is 2.07 bits per heavy atom. The first-order chi connectivity index (χ1) is 13.7. The molecule has 0 saturated heterocycles. The van der Waals surface area contributed by atoms with Crippen molar-refractivity contribution in [2.75, 3.05) is 6.26 Å². The zero-order valence-electron chi connectivity index (χ0n) is 14.9. The topological polar surface area (TPSA) is 98.5 Å². The third-order valence-electron chi connectivity index (χ3n) is 3.94. The lowest BCUT2D eigenvalue weighted by molar-refractivity contribution is -0.159. The van der Waals surface area contributed by atoms with Gasteiger partial charge in [0.15, 0.2) is 0 Å². The molecule has 0 spiro atoms. The van der Waals surface area contributed by atoms with Crippen LogP contribution in [0.1, 0.15) is 11.6 Å². The Labute approximate surface area is 162 Å². The molecule has 0 saturated carbocycles. The lowest BCUT2D eigenvalue weighted by Gasteiger charge is -2.01. The van der Waals surface area contributed by atoms with Crippen molar-refractivity contribution in [1.29, 1.82) is 0 Å². The summed E-state index contributed by atoms with van der Waals surface area (Å²) in [6, 6.07) is 8.16. The molecule has 0 fully saturated rings. The van der Waals surface area contributed by atoms with Gasteiger partial charge in [-0.15, -0.1) is 0 Å². The Bertz CT molecular complexity index is 1290. The smallest absolute Gasteiger partial charge is 0.329 e. The number of rotatable bonds is 4. The van der Waals surface area contributed by atoms with Crippen molar-refractivity contribution in [2.24, 2.45) is 4.36 Å². The van der Waals surface area contributed by atoms with Gasteiger partial charge < -0.3 is 8.92 Å². The number of fused-ring (bicyclic) bond motifs is 1. The van der Waals surface area contributed by atoms with Crippen LogP contribution in [0.4, 0.5) is 13.2 Å². The van der Waals surface area contributed by atoms with Crippen molar-refractivity contribution in [2.45, 2.75) is 17.7 Å². The second-order valence-electron chi connectivity index (χ2n) is 6.09. The van der Waals surface area contributed by atoms with Gasteiger partial charge in [-0.2, -0.15) is 18.2 Å². The van der Waals surface area contributed by atoms with Crippen LogP contribution in [0.3, 0.4) is 0 Å². The highest BCUT2D eigenvalue weighted by molar-refractivity contribution is 7.92. The zero-order chi connectivity index (χ0) is 20.6. The summed E-state index contributed by atoms with van der Waals surface area (Å²) in [6.07, 6.45) is 1.62. The van der Waals surface area contributed by atoms with Gasteiger partial charge in [-0.05, 0) is 24.3 Å². The average molecular weight is 422 g/mol. The Morgan fingerprint density at radius 3 is 2.76 bits per heavy atom. The summed E-state index contributed by atoms with van der Waals surface area (Å²) in [7, 11) is -2.68. The van der Waals surface area contributed by atoms with Crippen LogP contribution in [-0.2, 0) is 22.5 Å². The summed E-state index contributed by atoms with van der Waals surface area (Å²) in [5.41, 5.74) is 1.31. The standard InChI is InChI=1S/C17H13F3N6O2S/c1-29(27,14-4-2-3-6-21-14)22-9-12-10-26-7-5-11(8-13(26)23-12)15-24-16(28-25-15)17(18,19)20/h2-8,10H,9H2,1H3. The predicted octanol–water partition coefficient (Wildman–Crippen LogP) is 3.46. The molecular weight excluding hydrogens is 409 g/mol. The highest BCUT2D eigenvalue weighted by Gasteiger charge is 2.38. The van der Waals surface area contributed by atoms with Gasteiger partial charge in [-0.3, -0.25) is 0 Å². The summed E-state index contributed by atoms with van der Waals surface area (Å²) in [6.45, 7) is 0.0867. The minimum Gasteiger partial charge on any atom is -0.329 e. The molecule has 0 N–H and O–H groups in total. The Balaban J connectivity index is 1.61. The van der Waals surface area contributed by atoms with Crippen LogP contribution >= 0.6 is 0 Å². The zero-order valence-corrected chi connectivity index (χ0v) is 15.7. The van der Waals surface area contributed by atoms with Crippen molar-refractivity contribution < 1.29 is 21.9 Å². The third-order valence-corrected chi connectivity index (χ3v) is 5.57. The van der Waals surface area contributed by atoms with E-state index in [1.165, 1.54) is 18.4 Å². The van der Waals surface area contributed by atoms with Gasteiger partial charge in [0, 0.05) is 30.4 Å². The molecule has 1 unspecified atom stereocenters. The van der Waals surface area contributed by atoms with Crippen molar-refractivity contribution >= 4 is 15.4 Å². The van der Waals surface area contributed by atoms with Gasteiger partial charge in [0.2, 0.25) is 5.82 Å². The second-order valence-corrected chi connectivity index (χ2v) is 8.37. The van der Waals surface area contributed by atoms with E-state index in [1.54, 1.807) is 41.2 Å². The van der Waals surface area contributed by atoms with Crippen molar-refractivity contribution in [3.63, 3.8) is 0 Å². The van der Waals surface area contributed by atoms with Gasteiger partial charge in [-0.1, -0.05) is 11.2 Å². The maximum absolute atomic E-state index is 12.7. The minimum atomic E-state index is -4.71. The normalized spacial score (nSPS) is 14.1. The molecule has 0 amide bonds. The number of halogens is 3. The van der Waals surface area contributed by atoms with E-state index in [1.807, 2.05) is 0 Å². The predicted molar refractivity (Wildman–Crippen MR) is 96.2 cm³/mol. The minimum absolute atomic E-state index is 0.0867. The Morgan fingerprint density at radius 1 is 1.24 bits per heavy atom. The van der Waals surface area contributed by atoms with E-state index in [9.17, 15) is 17.4 Å². The maximum Gasteiger partial charge on any atom is 0.471 e. The van der Waals surface area contributed by atoms with E-state index in [2.05, 4.69) is 29.0 Å². The summed E-state index contributed by atoms with van der Waals surface area (Å²) < 4.78 is 60.7. The van der Waals surface area contributed by atoms with Crippen molar-refractivity contribution in [1.82, 2.24) is 24.5 Å². The van der Waals surface area contributed by atoms with Crippen LogP contribution in [0.15, 0.2) is 62.8 Å². The second kappa shape index (κ2) is 6.95. The van der Waals surface area contributed by atoms with Crippen LogP contribution in [0, 0.1) is 0 Å². The van der Waals surface area contributed by atoms with Gasteiger partial charge in [0.05, 0.1) is 22.0 Å². The molecule has 0 bridgehead atoms. The molecule has 0 aromatic carbocycles. The Hall–Kier alpha value is -3.28. The highest BCUT2D eigenvalue weighted by Crippen LogP contribution is 2.29. The van der Waals surface area contributed by atoms with Gasteiger partial charge in [0.25, 0.3) is 0 Å². The average Bonchev–Trinajstić information content (AvgIpc) is 3.33. The van der Waals surface area contributed by atoms with E-state index < -0.39 is 21.8 Å². The van der Waals surface area contributed by atoms with Crippen LogP contribution in [0.25, 0.3) is 17.0 Å². The molecule has 0 aliphatic carbocycles. The maximum atomic E-state index is 12.7. The number of hydrogen-bond acceptors (Lipinski definition) is 7. The molecule has 4 heterocycles. The van der Waals surface area contributed by atoms with E-state index in [-0.39, 0.29) is 12.4 Å². The summed E-state index contributed by atoms with van der Waals surface area (Å²) in [4.78, 5) is 11.8. The molecule has 4 aromatic heterocycles. The molecule has 0 aliphatic heterocycles. The summed E-state index contributed by atoms with van der Waals surface area (Å²) in [5, 5.41) is 3.74. The Kier molecular flexibility index (Phi) is 4.57. The number of aromatic nitrogens is 5. The molecule has 4 aromatic rings. The van der Waals surface area contributed by atoms with Crippen LogP contribution < -0.4 is 0 Å². The summed E-state index contributed by atoms with van der Waals surface area (Å²) >= 11 is 0. The molecule has 29 heavy (non-hydrogen) atoms. The fraction of sp³-hybridized carbons (Fsp3) is 0.176. The van der Waals surface area contributed by atoms with Crippen LogP contribution in [-0.4, -0.2) is 35.0 Å². The molecule has 0 radical (unpaired) electrons. The van der Waals surface area contributed by atoms with E-state index in [0.717, 1.165) is 0 Å². The largest absolute Gasteiger partial charge is 0.471 e. The molecule has 1 atom stereocenters. The van der Waals surface area contributed by atoms with Crippen LogP contribution in [0.2, 0.25) is 0 Å². The number of nitrogens with zero attached hydrogens (tertiary/aromatic N) is 6. The fourth-order valence-electron chi connectivity index (χ4n) is 2.53. The lowest BCUT2D eigenvalue weighted by atomic mass is 10.2. The van der Waals surface area contributed by atoms with E-state index >= 15 is 0 Å². The first kappa shape index (κ1) is 19.1. The number of alkyl halides is 3. The first-order valence-corrected chi connectivity index (χ1v) is 10.1. The summed E-state index contributed by atoms with van der Waals surface area (Å²) in [5.74, 6) is -1.61. The van der Waals surface area contributed by atoms with Gasteiger partial charge >= 0.3 is 12.1 Å². The lowest BCUT2D eigenvalue weighted by Crippen LogP contribution is -2.04. The molecule has 0 aliphatic rings. The number of hydrogen-bond donors (Lipinski definition) is 0. The fourth-order valence-corrected chi connectivity index (χ4v) is 3.63. The molecule has 4 rings (SSSR count). The molecule has 12 heteroatoms. The highest BCUT2D eigenvalue weighted by atomic mass is 32.2.